The van der Waals surface area contributed by atoms with Crippen LogP contribution in [0, 0.1) is 13.8 Å². The summed E-state index contributed by atoms with van der Waals surface area (Å²) < 4.78 is 11.4. The summed E-state index contributed by atoms with van der Waals surface area (Å²) in [5.41, 5.74) is 2.49. The largest absolute Gasteiger partial charge is 0.492 e. The molecule has 1 N–H and O–H groups in total. The Bertz CT molecular complexity index is 370. The first-order valence-corrected chi connectivity index (χ1v) is 6.21. The molecular formula is C14H21NO2. The fourth-order valence-corrected chi connectivity index (χ4v) is 1.91. The predicted octanol–water partition coefficient (Wildman–Crippen LogP) is 2.06. The Hall–Kier alpha value is -1.06. The average molecular weight is 235 g/mol. The third-order valence-corrected chi connectivity index (χ3v) is 3.27. The molecule has 1 heterocycles. The smallest absolute Gasteiger partial charge is 0.122 e. The van der Waals surface area contributed by atoms with Gasteiger partial charge in [0.2, 0.25) is 0 Å². The molecule has 0 bridgehead atoms. The van der Waals surface area contributed by atoms with E-state index in [1.165, 1.54) is 11.1 Å². The number of morpholine rings is 1. The summed E-state index contributed by atoms with van der Waals surface area (Å²) in [7, 11) is 0. The van der Waals surface area contributed by atoms with E-state index in [4.69, 9.17) is 9.47 Å². The summed E-state index contributed by atoms with van der Waals surface area (Å²) >= 11 is 0. The van der Waals surface area contributed by atoms with E-state index in [9.17, 15) is 0 Å². The SMILES string of the molecule is Cc1cccc(OCC2COC(C)CN2)c1C. The highest BCUT2D eigenvalue weighted by molar-refractivity contribution is 5.38. The summed E-state index contributed by atoms with van der Waals surface area (Å²) in [4.78, 5) is 0. The van der Waals surface area contributed by atoms with Crippen LogP contribution < -0.4 is 10.1 Å². The summed E-state index contributed by atoms with van der Waals surface area (Å²) in [6.07, 6.45) is 0.312. The van der Waals surface area contributed by atoms with Crippen molar-refractivity contribution in [3.05, 3.63) is 29.3 Å². The normalized spacial score (nSPS) is 24.6. The zero-order valence-corrected chi connectivity index (χ0v) is 10.8. The summed E-state index contributed by atoms with van der Waals surface area (Å²) in [6.45, 7) is 8.57. The van der Waals surface area contributed by atoms with Gasteiger partial charge in [-0.15, -0.1) is 0 Å². The van der Waals surface area contributed by atoms with Crippen molar-refractivity contribution >= 4 is 0 Å². The molecule has 0 spiro atoms. The minimum atomic E-state index is 0.297. The first-order valence-electron chi connectivity index (χ1n) is 6.21. The van der Waals surface area contributed by atoms with Gasteiger partial charge < -0.3 is 14.8 Å². The molecular weight excluding hydrogens is 214 g/mol. The minimum Gasteiger partial charge on any atom is -0.492 e. The van der Waals surface area contributed by atoms with Gasteiger partial charge in [0, 0.05) is 6.54 Å². The molecule has 0 amide bonds. The second-order valence-electron chi connectivity index (χ2n) is 4.76. The number of ether oxygens (including phenoxy) is 2. The van der Waals surface area contributed by atoms with Crippen molar-refractivity contribution < 1.29 is 9.47 Å². The van der Waals surface area contributed by atoms with Gasteiger partial charge >= 0.3 is 0 Å². The Morgan fingerprint density at radius 3 is 2.94 bits per heavy atom. The second-order valence-corrected chi connectivity index (χ2v) is 4.76. The maximum absolute atomic E-state index is 5.85. The monoisotopic (exact) mass is 235 g/mol. The summed E-state index contributed by atoms with van der Waals surface area (Å²) in [6, 6.07) is 6.46. The highest BCUT2D eigenvalue weighted by atomic mass is 16.5. The number of hydrogen-bond donors (Lipinski definition) is 1. The van der Waals surface area contributed by atoms with Crippen LogP contribution in [0.2, 0.25) is 0 Å². The lowest BCUT2D eigenvalue weighted by Crippen LogP contribution is -2.48. The molecule has 2 rings (SSSR count). The maximum atomic E-state index is 5.85. The maximum Gasteiger partial charge on any atom is 0.122 e. The van der Waals surface area contributed by atoms with Gasteiger partial charge in [-0.2, -0.15) is 0 Å². The molecule has 0 aliphatic carbocycles. The van der Waals surface area contributed by atoms with Crippen LogP contribution in [0.15, 0.2) is 18.2 Å². The Morgan fingerprint density at radius 1 is 1.41 bits per heavy atom. The van der Waals surface area contributed by atoms with E-state index in [0.717, 1.165) is 18.9 Å². The molecule has 1 aromatic rings. The Labute approximate surface area is 103 Å². The summed E-state index contributed by atoms with van der Waals surface area (Å²) in [5, 5.41) is 3.42. The average Bonchev–Trinajstić information content (AvgIpc) is 2.33. The molecule has 0 saturated carbocycles. The van der Waals surface area contributed by atoms with Gasteiger partial charge in [0.1, 0.15) is 12.4 Å². The fourth-order valence-electron chi connectivity index (χ4n) is 1.91. The predicted molar refractivity (Wildman–Crippen MR) is 68.6 cm³/mol. The number of nitrogens with one attached hydrogen (secondary N) is 1. The van der Waals surface area contributed by atoms with Crippen LogP contribution in [0.25, 0.3) is 0 Å². The van der Waals surface area contributed by atoms with Gasteiger partial charge in [-0.05, 0) is 38.0 Å². The van der Waals surface area contributed by atoms with Gasteiger partial charge in [0.15, 0.2) is 0 Å². The lowest BCUT2D eigenvalue weighted by molar-refractivity contribution is 0.00450. The second kappa shape index (κ2) is 5.52. The molecule has 3 heteroatoms. The van der Waals surface area contributed by atoms with E-state index in [-0.39, 0.29) is 0 Å². The van der Waals surface area contributed by atoms with Crippen LogP contribution in [0.5, 0.6) is 5.75 Å². The van der Waals surface area contributed by atoms with Crippen molar-refractivity contribution in [3.8, 4) is 5.75 Å². The first kappa shape index (κ1) is 12.4. The lowest BCUT2D eigenvalue weighted by atomic mass is 10.1. The van der Waals surface area contributed by atoms with Gasteiger partial charge in [-0.1, -0.05) is 12.1 Å². The molecule has 0 aromatic heterocycles. The van der Waals surface area contributed by atoms with Gasteiger partial charge in [-0.3, -0.25) is 0 Å². The summed E-state index contributed by atoms with van der Waals surface area (Å²) in [5.74, 6) is 0.977. The van der Waals surface area contributed by atoms with Gasteiger partial charge in [0.05, 0.1) is 18.8 Å². The molecule has 2 atom stereocenters. The highest BCUT2D eigenvalue weighted by Crippen LogP contribution is 2.20. The van der Waals surface area contributed by atoms with E-state index in [1.54, 1.807) is 0 Å². The van der Waals surface area contributed by atoms with Crippen LogP contribution in [0.4, 0.5) is 0 Å². The molecule has 1 aliphatic heterocycles. The van der Waals surface area contributed by atoms with Crippen LogP contribution in [-0.4, -0.2) is 31.9 Å². The molecule has 1 fully saturated rings. The van der Waals surface area contributed by atoms with E-state index in [2.05, 4.69) is 32.2 Å². The lowest BCUT2D eigenvalue weighted by Gasteiger charge is -2.28. The van der Waals surface area contributed by atoms with Crippen molar-refractivity contribution in [1.82, 2.24) is 5.32 Å². The molecule has 3 nitrogen and oxygen atoms in total. The number of aryl methyl sites for hydroxylation is 1. The van der Waals surface area contributed by atoms with Crippen molar-refractivity contribution in [2.45, 2.75) is 32.9 Å². The Morgan fingerprint density at radius 2 is 2.24 bits per heavy atom. The van der Waals surface area contributed by atoms with Gasteiger partial charge in [0.25, 0.3) is 0 Å². The number of rotatable bonds is 3. The quantitative estimate of drug-likeness (QED) is 0.870. The van der Waals surface area contributed by atoms with Crippen LogP contribution >= 0.6 is 0 Å². The minimum absolute atomic E-state index is 0.297. The first-order chi connectivity index (χ1) is 8.16. The molecule has 0 radical (unpaired) electrons. The molecule has 1 aromatic carbocycles. The zero-order valence-electron chi connectivity index (χ0n) is 10.8. The molecule has 1 saturated heterocycles. The van der Waals surface area contributed by atoms with Crippen molar-refractivity contribution in [2.24, 2.45) is 0 Å². The Kier molecular flexibility index (Phi) is 4.02. The van der Waals surface area contributed by atoms with E-state index < -0.39 is 0 Å². The zero-order chi connectivity index (χ0) is 12.3. The van der Waals surface area contributed by atoms with Crippen LogP contribution in [0.3, 0.4) is 0 Å². The van der Waals surface area contributed by atoms with E-state index in [1.807, 2.05) is 12.1 Å². The van der Waals surface area contributed by atoms with Crippen molar-refractivity contribution in [2.75, 3.05) is 19.8 Å². The Balaban J connectivity index is 1.87. The molecule has 1 aliphatic rings. The molecule has 94 valence electrons. The van der Waals surface area contributed by atoms with Gasteiger partial charge in [-0.25, -0.2) is 0 Å². The van der Waals surface area contributed by atoms with E-state index >= 15 is 0 Å². The topological polar surface area (TPSA) is 30.5 Å². The third-order valence-electron chi connectivity index (χ3n) is 3.27. The fraction of sp³-hybridized carbons (Fsp3) is 0.571. The molecule has 17 heavy (non-hydrogen) atoms. The standard InChI is InChI=1S/C14H21NO2/c1-10-5-4-6-14(12(10)3)17-9-13-8-16-11(2)7-15-13/h4-6,11,13,15H,7-9H2,1-3H3. The van der Waals surface area contributed by atoms with Crippen molar-refractivity contribution in [1.29, 1.82) is 0 Å². The van der Waals surface area contributed by atoms with Crippen LogP contribution in [0.1, 0.15) is 18.1 Å². The molecule has 2 unspecified atom stereocenters. The van der Waals surface area contributed by atoms with Crippen molar-refractivity contribution in [3.63, 3.8) is 0 Å². The highest BCUT2D eigenvalue weighted by Gasteiger charge is 2.18. The van der Waals surface area contributed by atoms with E-state index in [0.29, 0.717) is 18.8 Å². The number of hydrogen-bond acceptors (Lipinski definition) is 3. The third kappa shape index (κ3) is 3.20. The number of benzene rings is 1. The van der Waals surface area contributed by atoms with Crippen LogP contribution in [-0.2, 0) is 4.74 Å².